The van der Waals surface area contributed by atoms with Crippen molar-refractivity contribution in [3.8, 4) is 28.1 Å². The number of pyridine rings is 2. The molecular weight excluding hydrogens is 561 g/mol. The van der Waals surface area contributed by atoms with Crippen LogP contribution in [0.5, 0.6) is 5.75 Å². The summed E-state index contributed by atoms with van der Waals surface area (Å²) in [5.41, 5.74) is 5.14. The number of amides is 1. The van der Waals surface area contributed by atoms with Gasteiger partial charge in [-0.3, -0.25) is 14.8 Å². The zero-order valence-corrected chi connectivity index (χ0v) is 24.1. The predicted molar refractivity (Wildman–Crippen MR) is 161 cm³/mol. The van der Waals surface area contributed by atoms with Gasteiger partial charge in [-0.1, -0.05) is 29.8 Å². The van der Waals surface area contributed by atoms with Crippen molar-refractivity contribution in [3.05, 3.63) is 94.1 Å². The molecule has 5 N–H and O–H groups in total. The van der Waals surface area contributed by atoms with Crippen LogP contribution in [0.4, 0.5) is 10.1 Å². The molecule has 0 aliphatic rings. The Morgan fingerprint density at radius 3 is 2.45 bits per heavy atom. The standard InChI is InChI=1S/C31H33ClFN5O4/c1-19-22(4-3-5-26(19)38-31(41)27-7-6-20(17-37-27)16-34-10-12-39)23-8-9-36-30(29(23)32)21-14-25(33)24(18-35-11-13-40)28(15-21)42-2/h3-9,14-15,17,34-35,39-40H,10-13,16,18H2,1-2H3,(H,38,41). The molecule has 4 aromatic rings. The Balaban J connectivity index is 1.60. The summed E-state index contributed by atoms with van der Waals surface area (Å²) < 4.78 is 20.6. The summed E-state index contributed by atoms with van der Waals surface area (Å²) in [5.74, 6) is -0.507. The van der Waals surface area contributed by atoms with Crippen LogP contribution in [0.1, 0.15) is 27.2 Å². The van der Waals surface area contributed by atoms with E-state index in [1.807, 2.05) is 25.1 Å². The van der Waals surface area contributed by atoms with E-state index in [-0.39, 0.29) is 31.4 Å². The summed E-state index contributed by atoms with van der Waals surface area (Å²) in [5, 5.41) is 27.2. The number of aromatic nitrogens is 2. The maximum Gasteiger partial charge on any atom is 0.274 e. The first-order valence-corrected chi connectivity index (χ1v) is 13.8. The average molecular weight is 594 g/mol. The number of carbonyl (C=O) groups excluding carboxylic acids is 1. The number of carbonyl (C=O) groups is 1. The van der Waals surface area contributed by atoms with Gasteiger partial charge < -0.3 is 30.9 Å². The monoisotopic (exact) mass is 593 g/mol. The molecule has 9 nitrogen and oxygen atoms in total. The first kappa shape index (κ1) is 31.0. The van der Waals surface area contributed by atoms with E-state index < -0.39 is 5.82 Å². The van der Waals surface area contributed by atoms with Gasteiger partial charge in [0.1, 0.15) is 17.3 Å². The summed E-state index contributed by atoms with van der Waals surface area (Å²) >= 11 is 6.87. The number of rotatable bonds is 13. The highest BCUT2D eigenvalue weighted by Gasteiger charge is 2.19. The van der Waals surface area contributed by atoms with Gasteiger partial charge in [-0.05, 0) is 53.9 Å². The van der Waals surface area contributed by atoms with Crippen LogP contribution >= 0.6 is 11.6 Å². The fraction of sp³-hybridized carbons (Fsp3) is 0.258. The van der Waals surface area contributed by atoms with Crippen LogP contribution < -0.4 is 20.7 Å². The minimum absolute atomic E-state index is 0.0450. The first-order valence-electron chi connectivity index (χ1n) is 13.4. The Kier molecular flexibility index (Phi) is 10.9. The molecule has 0 bridgehead atoms. The van der Waals surface area contributed by atoms with E-state index in [4.69, 9.17) is 26.6 Å². The van der Waals surface area contributed by atoms with Crippen molar-refractivity contribution in [1.82, 2.24) is 20.6 Å². The van der Waals surface area contributed by atoms with Gasteiger partial charge in [0, 0.05) is 61.0 Å². The molecule has 42 heavy (non-hydrogen) atoms. The lowest BCUT2D eigenvalue weighted by Gasteiger charge is -2.16. The quantitative estimate of drug-likeness (QED) is 0.145. The van der Waals surface area contributed by atoms with Crippen LogP contribution in [0.15, 0.2) is 60.9 Å². The summed E-state index contributed by atoms with van der Waals surface area (Å²) in [4.78, 5) is 21.7. The minimum atomic E-state index is -0.484. The van der Waals surface area contributed by atoms with Crippen molar-refractivity contribution >= 4 is 23.2 Å². The lowest BCUT2D eigenvalue weighted by atomic mass is 9.97. The Hall–Kier alpha value is -3.93. The van der Waals surface area contributed by atoms with E-state index in [1.165, 1.54) is 13.2 Å². The van der Waals surface area contributed by atoms with E-state index in [1.54, 1.807) is 36.7 Å². The van der Waals surface area contributed by atoms with Crippen molar-refractivity contribution in [2.75, 3.05) is 38.7 Å². The maximum atomic E-state index is 15.1. The van der Waals surface area contributed by atoms with Crippen molar-refractivity contribution in [2.45, 2.75) is 20.0 Å². The molecule has 11 heteroatoms. The lowest BCUT2D eigenvalue weighted by molar-refractivity contribution is 0.102. The molecule has 4 rings (SSSR count). The van der Waals surface area contributed by atoms with Gasteiger partial charge in [-0.2, -0.15) is 0 Å². The van der Waals surface area contributed by atoms with Gasteiger partial charge >= 0.3 is 0 Å². The third-order valence-corrected chi connectivity index (χ3v) is 7.06. The third-order valence-electron chi connectivity index (χ3n) is 6.67. The van der Waals surface area contributed by atoms with Crippen LogP contribution in [0.2, 0.25) is 5.02 Å². The van der Waals surface area contributed by atoms with Gasteiger partial charge in [-0.25, -0.2) is 4.39 Å². The second-order valence-corrected chi connectivity index (χ2v) is 9.82. The van der Waals surface area contributed by atoms with E-state index in [9.17, 15) is 4.79 Å². The van der Waals surface area contributed by atoms with Gasteiger partial charge in [0.2, 0.25) is 0 Å². The zero-order valence-electron chi connectivity index (χ0n) is 23.4. The number of ether oxygens (including phenoxy) is 1. The number of aliphatic hydroxyl groups excluding tert-OH is 2. The number of methoxy groups -OCH3 is 1. The second kappa shape index (κ2) is 14.8. The summed E-state index contributed by atoms with van der Waals surface area (Å²) in [6.45, 7) is 3.39. The van der Waals surface area contributed by atoms with Crippen molar-refractivity contribution in [3.63, 3.8) is 0 Å². The number of nitrogens with zero attached hydrogens (tertiary/aromatic N) is 2. The van der Waals surface area contributed by atoms with Gasteiger partial charge in [-0.15, -0.1) is 0 Å². The van der Waals surface area contributed by atoms with Gasteiger partial charge in [0.25, 0.3) is 5.91 Å². The van der Waals surface area contributed by atoms with Crippen LogP contribution in [0, 0.1) is 12.7 Å². The molecule has 1 amide bonds. The molecule has 0 saturated carbocycles. The molecule has 0 saturated heterocycles. The van der Waals surface area contributed by atoms with Gasteiger partial charge in [0.15, 0.2) is 0 Å². The number of hydrogen-bond acceptors (Lipinski definition) is 8. The highest BCUT2D eigenvalue weighted by Crippen LogP contribution is 2.39. The lowest BCUT2D eigenvalue weighted by Crippen LogP contribution is -2.18. The molecule has 2 aromatic carbocycles. The Bertz CT molecular complexity index is 1540. The number of anilines is 1. The normalized spacial score (nSPS) is 11.0. The van der Waals surface area contributed by atoms with Crippen molar-refractivity contribution in [2.24, 2.45) is 0 Å². The summed E-state index contributed by atoms with van der Waals surface area (Å²) in [6, 6.07) is 13.8. The molecule has 0 atom stereocenters. The number of nitrogens with one attached hydrogen (secondary N) is 3. The van der Waals surface area contributed by atoms with Crippen LogP contribution in [0.3, 0.4) is 0 Å². The Labute approximate surface area is 248 Å². The van der Waals surface area contributed by atoms with E-state index in [2.05, 4.69) is 25.9 Å². The highest BCUT2D eigenvalue weighted by molar-refractivity contribution is 6.35. The maximum absolute atomic E-state index is 15.1. The second-order valence-electron chi connectivity index (χ2n) is 9.44. The summed E-state index contributed by atoms with van der Waals surface area (Å²) in [6.07, 6.45) is 3.22. The van der Waals surface area contributed by atoms with Crippen LogP contribution in [-0.2, 0) is 13.1 Å². The highest BCUT2D eigenvalue weighted by atomic mass is 35.5. The number of hydrogen-bond donors (Lipinski definition) is 5. The minimum Gasteiger partial charge on any atom is -0.496 e. The molecule has 0 spiro atoms. The third kappa shape index (κ3) is 7.28. The first-order chi connectivity index (χ1) is 20.4. The average Bonchev–Trinajstić information content (AvgIpc) is 2.99. The molecule has 2 heterocycles. The number of aliphatic hydroxyl groups is 2. The van der Waals surface area contributed by atoms with E-state index >= 15 is 4.39 Å². The summed E-state index contributed by atoms with van der Waals surface area (Å²) in [7, 11) is 1.46. The molecule has 2 aromatic heterocycles. The van der Waals surface area contributed by atoms with Crippen molar-refractivity contribution in [1.29, 1.82) is 0 Å². The molecule has 0 aliphatic carbocycles. The van der Waals surface area contributed by atoms with E-state index in [0.29, 0.717) is 58.5 Å². The fourth-order valence-electron chi connectivity index (χ4n) is 4.47. The fourth-order valence-corrected chi connectivity index (χ4v) is 4.79. The predicted octanol–water partition coefficient (Wildman–Crippen LogP) is 4.34. The molecular formula is C31H33ClFN5O4. The Morgan fingerprint density at radius 2 is 1.76 bits per heavy atom. The van der Waals surface area contributed by atoms with E-state index in [0.717, 1.165) is 16.7 Å². The smallest absolute Gasteiger partial charge is 0.274 e. The Morgan fingerprint density at radius 1 is 1.00 bits per heavy atom. The molecule has 0 unspecified atom stereocenters. The molecule has 0 aliphatic heterocycles. The van der Waals surface area contributed by atoms with Crippen molar-refractivity contribution < 1.29 is 24.1 Å². The molecule has 0 radical (unpaired) electrons. The zero-order chi connectivity index (χ0) is 30.1. The van der Waals surface area contributed by atoms with Gasteiger partial charge in [0.05, 0.1) is 31.0 Å². The topological polar surface area (TPSA) is 129 Å². The number of benzene rings is 2. The number of halogens is 2. The SMILES string of the molecule is COc1cc(-c2nccc(-c3cccc(NC(=O)c4ccc(CNCCO)cn4)c3C)c2Cl)cc(F)c1CNCCO. The largest absolute Gasteiger partial charge is 0.496 e. The molecule has 0 fully saturated rings. The van der Waals surface area contributed by atoms with Crippen LogP contribution in [0.25, 0.3) is 22.4 Å². The van der Waals surface area contributed by atoms with Crippen LogP contribution in [-0.4, -0.2) is 59.5 Å². The molecule has 220 valence electrons.